The maximum atomic E-state index is 12.2. The zero-order chi connectivity index (χ0) is 18.2. The summed E-state index contributed by atoms with van der Waals surface area (Å²) >= 11 is 0. The second-order valence-electron chi connectivity index (χ2n) is 5.64. The molecule has 25 heavy (non-hydrogen) atoms. The van der Waals surface area contributed by atoms with Crippen LogP contribution in [0.1, 0.15) is 42.6 Å². The van der Waals surface area contributed by atoms with Crippen molar-refractivity contribution in [2.24, 2.45) is 5.10 Å². The Morgan fingerprint density at radius 3 is 2.44 bits per heavy atom. The second-order valence-corrected chi connectivity index (χ2v) is 5.64. The molecular formula is C19H22N4O2. The molecule has 4 N–H and O–H groups in total. The van der Waals surface area contributed by atoms with Crippen LogP contribution in [-0.2, 0) is 4.79 Å². The van der Waals surface area contributed by atoms with E-state index in [1.54, 1.807) is 43.3 Å². The lowest BCUT2D eigenvalue weighted by molar-refractivity contribution is -0.116. The summed E-state index contributed by atoms with van der Waals surface area (Å²) in [6.45, 7) is 3.74. The number of nitrogens with two attached hydrogens (primary N) is 1. The zero-order valence-electron chi connectivity index (χ0n) is 14.4. The molecule has 0 radical (unpaired) electrons. The second kappa shape index (κ2) is 8.63. The number of hydrazone groups is 1. The van der Waals surface area contributed by atoms with Crippen LogP contribution in [0.2, 0.25) is 0 Å². The van der Waals surface area contributed by atoms with Crippen LogP contribution in [0.15, 0.2) is 53.6 Å². The lowest BCUT2D eigenvalue weighted by Crippen LogP contribution is -2.19. The van der Waals surface area contributed by atoms with Gasteiger partial charge in [-0.1, -0.05) is 19.1 Å². The molecule has 0 aliphatic heterocycles. The average molecular weight is 338 g/mol. The maximum Gasteiger partial charge on any atom is 0.271 e. The van der Waals surface area contributed by atoms with Crippen molar-refractivity contribution in [3.63, 3.8) is 0 Å². The molecule has 0 spiro atoms. The first-order valence-electron chi connectivity index (χ1n) is 8.10. The fourth-order valence-corrected chi connectivity index (χ4v) is 2.18. The van der Waals surface area contributed by atoms with E-state index in [1.165, 1.54) is 0 Å². The molecule has 0 aliphatic carbocycles. The van der Waals surface area contributed by atoms with Gasteiger partial charge in [0, 0.05) is 23.4 Å². The lowest BCUT2D eigenvalue weighted by atomic mass is 10.1. The largest absolute Gasteiger partial charge is 0.399 e. The predicted molar refractivity (Wildman–Crippen MR) is 101 cm³/mol. The third-order valence-electron chi connectivity index (χ3n) is 3.54. The number of hydrogen-bond acceptors (Lipinski definition) is 4. The van der Waals surface area contributed by atoms with Gasteiger partial charge in [-0.05, 0) is 55.3 Å². The summed E-state index contributed by atoms with van der Waals surface area (Å²) in [6, 6.07) is 13.9. The third kappa shape index (κ3) is 5.46. The van der Waals surface area contributed by atoms with Crippen LogP contribution in [0.4, 0.5) is 11.4 Å². The van der Waals surface area contributed by atoms with Gasteiger partial charge in [0.05, 0.1) is 5.71 Å². The number of carbonyl (C=O) groups excluding carboxylic acids is 2. The fourth-order valence-electron chi connectivity index (χ4n) is 2.18. The van der Waals surface area contributed by atoms with Crippen molar-refractivity contribution in [3.8, 4) is 0 Å². The highest BCUT2D eigenvalue weighted by atomic mass is 16.2. The smallest absolute Gasteiger partial charge is 0.271 e. The first kappa shape index (κ1) is 18.2. The molecule has 0 unspecified atom stereocenters. The Morgan fingerprint density at radius 1 is 1.08 bits per heavy atom. The van der Waals surface area contributed by atoms with Crippen molar-refractivity contribution in [2.45, 2.75) is 26.7 Å². The lowest BCUT2D eigenvalue weighted by Gasteiger charge is -2.06. The minimum atomic E-state index is -0.324. The Morgan fingerprint density at radius 2 is 1.80 bits per heavy atom. The molecule has 0 saturated heterocycles. The number of anilines is 2. The van der Waals surface area contributed by atoms with Crippen LogP contribution in [0.3, 0.4) is 0 Å². The molecule has 6 nitrogen and oxygen atoms in total. The van der Waals surface area contributed by atoms with Crippen molar-refractivity contribution in [3.05, 3.63) is 59.7 Å². The Balaban J connectivity index is 1.98. The number of benzene rings is 2. The number of amides is 2. The van der Waals surface area contributed by atoms with Crippen LogP contribution in [0.25, 0.3) is 0 Å². The monoisotopic (exact) mass is 338 g/mol. The predicted octanol–water partition coefficient (Wildman–Crippen LogP) is 3.16. The highest BCUT2D eigenvalue weighted by molar-refractivity contribution is 6.01. The van der Waals surface area contributed by atoms with E-state index >= 15 is 0 Å². The molecule has 2 rings (SSSR count). The maximum absolute atomic E-state index is 12.2. The van der Waals surface area contributed by atoms with Crippen LogP contribution >= 0.6 is 0 Å². The minimum Gasteiger partial charge on any atom is -0.399 e. The molecule has 130 valence electrons. The van der Waals surface area contributed by atoms with Gasteiger partial charge in [0.25, 0.3) is 5.91 Å². The molecule has 6 heteroatoms. The van der Waals surface area contributed by atoms with Gasteiger partial charge in [-0.15, -0.1) is 0 Å². The van der Waals surface area contributed by atoms with Gasteiger partial charge in [-0.2, -0.15) is 5.10 Å². The quantitative estimate of drug-likeness (QED) is 0.429. The molecule has 2 amide bonds. The third-order valence-corrected chi connectivity index (χ3v) is 3.54. The Labute approximate surface area is 147 Å². The first-order valence-corrected chi connectivity index (χ1v) is 8.10. The number of hydrogen-bond donors (Lipinski definition) is 3. The summed E-state index contributed by atoms with van der Waals surface area (Å²) in [5, 5.41) is 6.87. The van der Waals surface area contributed by atoms with E-state index in [4.69, 9.17) is 5.73 Å². The van der Waals surface area contributed by atoms with Crippen molar-refractivity contribution in [1.29, 1.82) is 0 Å². The van der Waals surface area contributed by atoms with Gasteiger partial charge in [0.1, 0.15) is 0 Å². The molecule has 0 bridgehead atoms. The molecule has 0 heterocycles. The van der Waals surface area contributed by atoms with Gasteiger partial charge >= 0.3 is 0 Å². The Kier molecular flexibility index (Phi) is 6.28. The normalized spacial score (nSPS) is 11.0. The van der Waals surface area contributed by atoms with E-state index in [0.717, 1.165) is 12.0 Å². The van der Waals surface area contributed by atoms with Crippen molar-refractivity contribution in [2.75, 3.05) is 11.1 Å². The summed E-state index contributed by atoms with van der Waals surface area (Å²) in [5.41, 5.74) is 11.5. The standard InChI is InChI=1S/C19H22N4O2/c1-3-5-18(24)21-17-10-8-14(9-11-17)19(25)23-22-13(2)15-6-4-7-16(20)12-15/h4,6-12H,3,5,20H2,1-2H3,(H,21,24)(H,23,25)/b22-13+. The Bertz CT molecular complexity index is 782. The number of rotatable bonds is 6. The fraction of sp³-hybridized carbons (Fsp3) is 0.211. The Hall–Kier alpha value is -3.15. The summed E-state index contributed by atoms with van der Waals surface area (Å²) < 4.78 is 0. The first-order chi connectivity index (χ1) is 12.0. The zero-order valence-corrected chi connectivity index (χ0v) is 14.4. The van der Waals surface area contributed by atoms with E-state index < -0.39 is 0 Å². The van der Waals surface area contributed by atoms with E-state index in [-0.39, 0.29) is 11.8 Å². The van der Waals surface area contributed by atoms with E-state index in [2.05, 4.69) is 15.8 Å². The highest BCUT2D eigenvalue weighted by Gasteiger charge is 2.06. The summed E-state index contributed by atoms with van der Waals surface area (Å²) in [4.78, 5) is 23.7. The molecule has 2 aromatic carbocycles. The van der Waals surface area contributed by atoms with Crippen LogP contribution in [-0.4, -0.2) is 17.5 Å². The average Bonchev–Trinajstić information content (AvgIpc) is 2.60. The summed E-state index contributed by atoms with van der Waals surface area (Å²) in [7, 11) is 0. The SMILES string of the molecule is CCCC(=O)Nc1ccc(C(=O)N/N=C(\C)c2cccc(N)c2)cc1. The van der Waals surface area contributed by atoms with Crippen molar-refractivity contribution >= 4 is 28.9 Å². The summed E-state index contributed by atoms with van der Waals surface area (Å²) in [6.07, 6.45) is 1.26. The van der Waals surface area contributed by atoms with E-state index in [0.29, 0.717) is 29.1 Å². The van der Waals surface area contributed by atoms with Gasteiger partial charge < -0.3 is 11.1 Å². The molecule has 2 aromatic rings. The highest BCUT2D eigenvalue weighted by Crippen LogP contribution is 2.11. The van der Waals surface area contributed by atoms with E-state index in [1.807, 2.05) is 19.1 Å². The van der Waals surface area contributed by atoms with Gasteiger partial charge in [-0.3, -0.25) is 9.59 Å². The minimum absolute atomic E-state index is 0.0398. The topological polar surface area (TPSA) is 96.6 Å². The van der Waals surface area contributed by atoms with Crippen LogP contribution < -0.4 is 16.5 Å². The van der Waals surface area contributed by atoms with Gasteiger partial charge in [0.2, 0.25) is 5.91 Å². The molecule has 0 aliphatic rings. The van der Waals surface area contributed by atoms with Crippen LogP contribution in [0.5, 0.6) is 0 Å². The van der Waals surface area contributed by atoms with Gasteiger partial charge in [-0.25, -0.2) is 5.43 Å². The summed E-state index contributed by atoms with van der Waals surface area (Å²) in [5.74, 6) is -0.364. The van der Waals surface area contributed by atoms with Gasteiger partial charge in [0.15, 0.2) is 0 Å². The number of nitrogen functional groups attached to an aromatic ring is 1. The molecular weight excluding hydrogens is 316 g/mol. The van der Waals surface area contributed by atoms with Crippen molar-refractivity contribution in [1.82, 2.24) is 5.43 Å². The van der Waals surface area contributed by atoms with Crippen LogP contribution in [0, 0.1) is 0 Å². The van der Waals surface area contributed by atoms with E-state index in [9.17, 15) is 9.59 Å². The molecule has 0 aromatic heterocycles. The number of nitrogens with zero attached hydrogens (tertiary/aromatic N) is 1. The van der Waals surface area contributed by atoms with Crippen molar-refractivity contribution < 1.29 is 9.59 Å². The molecule has 0 fully saturated rings. The molecule has 0 atom stereocenters. The molecule has 0 saturated carbocycles. The number of nitrogens with one attached hydrogen (secondary N) is 2. The number of carbonyl (C=O) groups is 2.